The van der Waals surface area contributed by atoms with Crippen LogP contribution in [0.15, 0.2) is 103 Å². The van der Waals surface area contributed by atoms with Crippen LogP contribution in [0, 0.1) is 0 Å². The molecule has 130 valence electrons. The van der Waals surface area contributed by atoms with Crippen LogP contribution in [0.4, 0.5) is 0 Å². The van der Waals surface area contributed by atoms with E-state index in [-0.39, 0.29) is 25.4 Å². The lowest BCUT2D eigenvalue weighted by Gasteiger charge is -2.30. The van der Waals surface area contributed by atoms with E-state index in [1.165, 1.54) is 6.55 Å². The van der Waals surface area contributed by atoms with Gasteiger partial charge in [0, 0.05) is 20.2 Å². The summed E-state index contributed by atoms with van der Waals surface area (Å²) in [5.41, 5.74) is 0. The molecule has 0 aliphatic rings. The van der Waals surface area contributed by atoms with Crippen molar-refractivity contribution in [2.45, 2.75) is 6.55 Å². The highest BCUT2D eigenvalue weighted by molar-refractivity contribution is 7.29. The topological polar surface area (TPSA) is 0 Å². The molecule has 4 aromatic carbocycles. The molecule has 0 atom stereocenters. The first-order chi connectivity index (χ1) is 20.3. The molecule has 0 fully saturated rings. The summed E-state index contributed by atoms with van der Waals surface area (Å²) in [6.07, 6.45) is 0. The lowest BCUT2D eigenvalue weighted by Crippen LogP contribution is -2.64. The minimum absolute atomic E-state index is 0.0239. The summed E-state index contributed by atoms with van der Waals surface area (Å²) in [6, 6.07) is -11.6. The number of thiophene rings is 1. The molecule has 1 heterocycles. The third-order valence-corrected chi connectivity index (χ3v) is 9.62. The van der Waals surface area contributed by atoms with Gasteiger partial charge >= 0.3 is 0 Å². The fourth-order valence-corrected chi connectivity index (χ4v) is 7.68. The summed E-state index contributed by atoms with van der Waals surface area (Å²) < 4.78 is 145. The van der Waals surface area contributed by atoms with Crippen molar-refractivity contribution in [1.29, 1.82) is 0 Å². The van der Waals surface area contributed by atoms with Gasteiger partial charge in [0.2, 0.25) is 0 Å². The minimum atomic E-state index is -4.61. The van der Waals surface area contributed by atoms with E-state index < -0.39 is 121 Å². The number of benzene rings is 4. The lowest BCUT2D eigenvalue weighted by atomic mass is 10.1. The Bertz CT molecular complexity index is 1990. The van der Waals surface area contributed by atoms with Crippen molar-refractivity contribution in [3.8, 4) is 0 Å². The van der Waals surface area contributed by atoms with Crippen LogP contribution in [0.2, 0.25) is 6.55 Å². The maximum atomic E-state index is 9.08. The number of hydrogen-bond donors (Lipinski definition) is 0. The Hall–Kier alpha value is -2.68. The molecule has 0 saturated carbocycles. The zero-order valence-electron chi connectivity index (χ0n) is 30.9. The van der Waals surface area contributed by atoms with E-state index in [0.717, 1.165) is 11.3 Å². The predicted octanol–water partition coefficient (Wildman–Crippen LogP) is 5.15. The van der Waals surface area contributed by atoms with Gasteiger partial charge in [0.05, 0.1) is 23.3 Å². The van der Waals surface area contributed by atoms with Gasteiger partial charge in [-0.15, -0.1) is 11.3 Å². The summed E-state index contributed by atoms with van der Waals surface area (Å²) >= 11 is 0.746. The summed E-state index contributed by atoms with van der Waals surface area (Å²) in [7, 11) is -4.61. The van der Waals surface area contributed by atoms with Crippen LogP contribution >= 0.6 is 11.3 Å². The molecule has 2 heteroatoms. The summed E-state index contributed by atoms with van der Waals surface area (Å²) in [6.45, 7) is 1.35. The van der Waals surface area contributed by atoms with Crippen LogP contribution in [0.25, 0.3) is 20.2 Å². The van der Waals surface area contributed by atoms with Crippen molar-refractivity contribution in [3.63, 3.8) is 0 Å². The zero-order chi connectivity index (χ0) is 33.1. The van der Waals surface area contributed by atoms with Crippen molar-refractivity contribution in [1.82, 2.24) is 0 Å². The average Bonchev–Trinajstić information content (AvgIpc) is 3.38. The molecule has 5 rings (SSSR count). The Morgan fingerprint density at radius 1 is 0.630 bits per heavy atom. The van der Waals surface area contributed by atoms with Gasteiger partial charge in [-0.1, -0.05) is 103 Å². The highest BCUT2D eigenvalue weighted by atomic mass is 32.1. The number of hydrogen-bond acceptors (Lipinski definition) is 1. The molecule has 0 N–H and O–H groups in total. The van der Waals surface area contributed by atoms with Crippen molar-refractivity contribution in [3.05, 3.63) is 103 Å². The highest BCUT2D eigenvalue weighted by Gasteiger charge is 2.35. The van der Waals surface area contributed by atoms with E-state index in [1.54, 1.807) is 0 Å². The van der Waals surface area contributed by atoms with Gasteiger partial charge in [-0.2, -0.15) is 0 Å². The molecule has 0 amide bonds. The minimum Gasteiger partial charge on any atom is -0.135 e. The van der Waals surface area contributed by atoms with Crippen LogP contribution < -0.4 is 15.6 Å². The van der Waals surface area contributed by atoms with Gasteiger partial charge in [-0.3, -0.25) is 0 Å². The van der Waals surface area contributed by atoms with Gasteiger partial charge in [-0.25, -0.2) is 0 Å². The van der Waals surface area contributed by atoms with E-state index in [1.807, 2.05) is 0 Å². The lowest BCUT2D eigenvalue weighted by molar-refractivity contribution is 1.69. The molecule has 0 unspecified atom stereocenters. The third kappa shape index (κ3) is 2.56. The standard InChI is InChI=1S/C25H20SSi/c1-27(19-11-4-2-5-12-19,20-13-6-3-7-14-20)24-18-10-16-22-21-15-8-9-17-23(21)26-25(22)24/h2-18H,1H3/i2D,3D,4D,5D,6D,7D,8D,9D,10D,11D,12D,13D,14D,15D,16D,17D,18D. The van der Waals surface area contributed by atoms with E-state index in [9.17, 15) is 0 Å². The van der Waals surface area contributed by atoms with Crippen LogP contribution in [0.5, 0.6) is 0 Å². The van der Waals surface area contributed by atoms with Crippen LogP contribution in [-0.4, -0.2) is 8.07 Å². The molecule has 0 bridgehead atoms. The van der Waals surface area contributed by atoms with Gasteiger partial charge in [0.15, 0.2) is 0 Å². The molecule has 0 saturated heterocycles. The van der Waals surface area contributed by atoms with Crippen LogP contribution in [-0.2, 0) is 0 Å². The Morgan fingerprint density at radius 3 is 1.85 bits per heavy atom. The predicted molar refractivity (Wildman–Crippen MR) is 123 cm³/mol. The molecular weight excluding hydrogens is 360 g/mol. The van der Waals surface area contributed by atoms with Gasteiger partial charge in [0.1, 0.15) is 8.07 Å². The van der Waals surface area contributed by atoms with Crippen molar-refractivity contribution in [2.24, 2.45) is 0 Å². The second-order valence-electron chi connectivity index (χ2n) is 5.89. The maximum Gasteiger partial charge on any atom is 0.147 e. The molecule has 0 spiro atoms. The molecule has 5 aromatic rings. The van der Waals surface area contributed by atoms with Crippen molar-refractivity contribution in [2.75, 3.05) is 0 Å². The first kappa shape index (κ1) is 6.44. The van der Waals surface area contributed by atoms with E-state index >= 15 is 0 Å². The number of rotatable bonds is 3. The molecule has 27 heavy (non-hydrogen) atoms. The highest BCUT2D eigenvalue weighted by Crippen LogP contribution is 2.33. The smallest absolute Gasteiger partial charge is 0.135 e. The molecule has 1 aromatic heterocycles. The molecule has 0 aliphatic carbocycles. The quantitative estimate of drug-likeness (QED) is 0.291. The normalized spacial score (nSPS) is 20.7. The molecule has 0 radical (unpaired) electrons. The van der Waals surface area contributed by atoms with Gasteiger partial charge in [-0.05, 0) is 21.6 Å². The van der Waals surface area contributed by atoms with Crippen molar-refractivity contribution >= 4 is 55.1 Å². The largest absolute Gasteiger partial charge is 0.147 e. The Morgan fingerprint density at radius 2 is 1.19 bits per heavy atom. The Kier molecular flexibility index (Phi) is 1.55. The first-order valence-corrected chi connectivity index (χ1v) is 11.2. The Labute approximate surface area is 188 Å². The SMILES string of the molecule is [2H]c1c([2H])c([2H])c([Si](C)(c2c([2H])c([2H])c([2H])c([2H])c2[2H])c2c([2H])c([2H])c([2H])c3c2sc2c([2H])c([2H])c([2H])c([2H])c23)c([2H])c1[2H]. The summed E-state index contributed by atoms with van der Waals surface area (Å²) in [5, 5.41) is -1.33. The summed E-state index contributed by atoms with van der Waals surface area (Å²) in [4.78, 5) is 0. The Balaban J connectivity index is 2.20. The molecule has 0 nitrogen and oxygen atoms in total. The molecule has 0 aliphatic heterocycles. The number of fused-ring (bicyclic) bond motifs is 3. The zero-order valence-corrected chi connectivity index (χ0v) is 15.7. The van der Waals surface area contributed by atoms with Gasteiger partial charge in [0.25, 0.3) is 0 Å². The maximum absolute atomic E-state index is 9.08. The second kappa shape index (κ2) is 6.49. The average molecular weight is 398 g/mol. The monoisotopic (exact) mass is 397 g/mol. The van der Waals surface area contributed by atoms with E-state index in [0.29, 0.717) is 0 Å². The van der Waals surface area contributed by atoms with Crippen molar-refractivity contribution < 1.29 is 23.3 Å². The van der Waals surface area contributed by atoms with Gasteiger partial charge < -0.3 is 0 Å². The van der Waals surface area contributed by atoms with E-state index in [2.05, 4.69) is 0 Å². The third-order valence-electron chi connectivity index (χ3n) is 4.44. The fraction of sp³-hybridized carbons (Fsp3) is 0.0400. The van der Waals surface area contributed by atoms with Crippen LogP contribution in [0.1, 0.15) is 23.3 Å². The fourth-order valence-electron chi connectivity index (χ4n) is 3.06. The van der Waals surface area contributed by atoms with Crippen LogP contribution in [0.3, 0.4) is 0 Å². The first-order valence-electron chi connectivity index (χ1n) is 16.4. The molecular formula is C25H20SSi. The summed E-state index contributed by atoms with van der Waals surface area (Å²) in [5.74, 6) is 0. The second-order valence-corrected chi connectivity index (χ2v) is 10.7. The van der Waals surface area contributed by atoms with E-state index in [4.69, 9.17) is 23.3 Å².